The number of carbonyl (C=O) groups excluding carboxylic acids is 1. The van der Waals surface area contributed by atoms with Gasteiger partial charge in [-0.1, -0.05) is 56.5 Å². The Morgan fingerprint density at radius 2 is 1.69 bits per heavy atom. The minimum atomic E-state index is 0.223. The number of hydrogen-bond donors (Lipinski definition) is 2. The van der Waals surface area contributed by atoms with Gasteiger partial charge in [0.15, 0.2) is 5.82 Å². The predicted molar refractivity (Wildman–Crippen MR) is 149 cm³/mol. The lowest BCUT2D eigenvalue weighted by Crippen LogP contribution is -2.13. The van der Waals surface area contributed by atoms with Gasteiger partial charge in [0.2, 0.25) is 6.41 Å². The van der Waals surface area contributed by atoms with Crippen LogP contribution >= 0.6 is 23.2 Å². The summed E-state index contributed by atoms with van der Waals surface area (Å²) in [6.45, 7) is 12.3. The summed E-state index contributed by atoms with van der Waals surface area (Å²) in [6.07, 6.45) is 6.03. The fourth-order valence-electron chi connectivity index (χ4n) is 3.04. The molecule has 10 heteroatoms. The van der Waals surface area contributed by atoms with Crippen molar-refractivity contribution in [2.24, 2.45) is 0 Å². The molecule has 2 aromatic heterocycles. The Kier molecular flexibility index (Phi) is 14.2. The van der Waals surface area contributed by atoms with Crippen molar-refractivity contribution in [2.45, 2.75) is 47.1 Å². The molecule has 3 rings (SSSR count). The van der Waals surface area contributed by atoms with Gasteiger partial charge >= 0.3 is 0 Å². The van der Waals surface area contributed by atoms with E-state index < -0.39 is 0 Å². The number of pyridine rings is 1. The third-order valence-corrected chi connectivity index (χ3v) is 5.36. The first kappa shape index (κ1) is 30.9. The van der Waals surface area contributed by atoms with Gasteiger partial charge in [0.25, 0.3) is 0 Å². The maximum Gasteiger partial charge on any atom is 0.207 e. The van der Waals surface area contributed by atoms with Crippen molar-refractivity contribution in [3.8, 4) is 22.8 Å². The molecule has 36 heavy (non-hydrogen) atoms. The Bertz CT molecular complexity index is 1110. The number of ether oxygens (including phenoxy) is 2. The van der Waals surface area contributed by atoms with Gasteiger partial charge in [-0.3, -0.25) is 4.79 Å². The summed E-state index contributed by atoms with van der Waals surface area (Å²) in [7, 11) is 3.04. The Balaban J connectivity index is 0.00000120. The zero-order valence-electron chi connectivity index (χ0n) is 21.7. The molecule has 0 bridgehead atoms. The maximum absolute atomic E-state index is 10.6. The van der Waals surface area contributed by atoms with Gasteiger partial charge in [0, 0.05) is 29.8 Å². The Morgan fingerprint density at radius 1 is 1.08 bits per heavy atom. The number of nitrogens with zero attached hydrogens (tertiary/aromatic N) is 3. The summed E-state index contributed by atoms with van der Waals surface area (Å²) in [5.74, 6) is 1.90. The number of carbonyl (C=O) groups is 1. The van der Waals surface area contributed by atoms with Crippen molar-refractivity contribution < 1.29 is 14.3 Å². The van der Waals surface area contributed by atoms with Crippen LogP contribution in [0, 0.1) is 0 Å². The number of aromatic nitrogens is 3. The van der Waals surface area contributed by atoms with Gasteiger partial charge < -0.3 is 20.1 Å². The molecule has 0 aliphatic carbocycles. The van der Waals surface area contributed by atoms with Crippen molar-refractivity contribution in [2.75, 3.05) is 26.1 Å². The van der Waals surface area contributed by atoms with Crippen LogP contribution in [0.5, 0.6) is 11.5 Å². The van der Waals surface area contributed by atoms with Gasteiger partial charge in [0.1, 0.15) is 22.8 Å². The molecular formula is C26H35Cl2N5O3. The van der Waals surface area contributed by atoms with Crippen LogP contribution < -0.4 is 20.1 Å². The molecule has 0 saturated carbocycles. The van der Waals surface area contributed by atoms with Crippen LogP contribution in [-0.4, -0.2) is 42.1 Å². The van der Waals surface area contributed by atoms with Gasteiger partial charge in [-0.15, -0.1) is 6.58 Å². The molecule has 0 fully saturated rings. The van der Waals surface area contributed by atoms with Crippen LogP contribution in [0.25, 0.3) is 22.2 Å². The molecule has 0 atom stereocenters. The zero-order valence-corrected chi connectivity index (χ0v) is 23.3. The largest absolute Gasteiger partial charge is 0.495 e. The van der Waals surface area contributed by atoms with E-state index in [9.17, 15) is 4.79 Å². The molecule has 0 spiro atoms. The molecule has 1 aromatic carbocycles. The highest BCUT2D eigenvalue weighted by Gasteiger charge is 2.21. The molecule has 0 unspecified atom stereocenters. The number of halogens is 2. The van der Waals surface area contributed by atoms with Crippen molar-refractivity contribution in [3.05, 3.63) is 46.9 Å². The van der Waals surface area contributed by atoms with Gasteiger partial charge in [-0.2, -0.15) is 0 Å². The van der Waals surface area contributed by atoms with Gasteiger partial charge in [-0.05, 0) is 19.4 Å². The number of methoxy groups -OCH3 is 2. The second-order valence-electron chi connectivity index (χ2n) is 7.05. The Hall–Kier alpha value is -3.10. The predicted octanol–water partition coefficient (Wildman–Crippen LogP) is 6.69. The van der Waals surface area contributed by atoms with Gasteiger partial charge in [0.05, 0.1) is 36.5 Å². The summed E-state index contributed by atoms with van der Waals surface area (Å²) in [6, 6.07) is 3.44. The lowest BCUT2D eigenvalue weighted by atomic mass is 10.1. The SMILES string of the molecule is C=CC.CC.CCCCNc1nc(-c2c(Cl)c(OC)cc(OC)c2Cl)cc2cnc(CNC=O)nc12. The van der Waals surface area contributed by atoms with E-state index in [0.29, 0.717) is 56.4 Å². The number of benzene rings is 1. The molecule has 8 nitrogen and oxygen atoms in total. The van der Waals surface area contributed by atoms with Crippen molar-refractivity contribution >= 4 is 46.3 Å². The minimum absolute atomic E-state index is 0.223. The fraction of sp³-hybridized carbons (Fsp3) is 0.385. The molecule has 0 saturated heterocycles. The van der Waals surface area contributed by atoms with Crippen LogP contribution in [0.2, 0.25) is 10.0 Å². The van der Waals surface area contributed by atoms with E-state index in [1.165, 1.54) is 14.2 Å². The smallest absolute Gasteiger partial charge is 0.207 e. The number of amides is 1. The van der Waals surface area contributed by atoms with Crippen LogP contribution in [0.4, 0.5) is 5.82 Å². The Labute approximate surface area is 223 Å². The van der Waals surface area contributed by atoms with Crippen molar-refractivity contribution in [1.82, 2.24) is 20.3 Å². The third kappa shape index (κ3) is 7.96. The second-order valence-corrected chi connectivity index (χ2v) is 7.81. The lowest BCUT2D eigenvalue weighted by Gasteiger charge is -2.16. The summed E-state index contributed by atoms with van der Waals surface area (Å²) >= 11 is 13.2. The van der Waals surface area contributed by atoms with E-state index in [2.05, 4.69) is 34.1 Å². The molecule has 196 valence electrons. The highest BCUT2D eigenvalue weighted by atomic mass is 35.5. The zero-order chi connectivity index (χ0) is 27.1. The van der Waals surface area contributed by atoms with E-state index in [1.807, 2.05) is 26.8 Å². The quantitative estimate of drug-likeness (QED) is 0.169. The number of rotatable bonds is 10. The van der Waals surface area contributed by atoms with E-state index in [4.69, 9.17) is 37.7 Å². The first-order chi connectivity index (χ1) is 17.4. The summed E-state index contributed by atoms with van der Waals surface area (Å²) in [5, 5.41) is 7.30. The first-order valence-corrected chi connectivity index (χ1v) is 12.5. The van der Waals surface area contributed by atoms with Crippen molar-refractivity contribution in [1.29, 1.82) is 0 Å². The van der Waals surface area contributed by atoms with E-state index in [0.717, 1.165) is 24.8 Å². The fourth-order valence-corrected chi connectivity index (χ4v) is 3.73. The number of fused-ring (bicyclic) bond motifs is 1. The van der Waals surface area contributed by atoms with Crippen LogP contribution in [0.3, 0.4) is 0 Å². The molecule has 2 heterocycles. The topological polar surface area (TPSA) is 98.3 Å². The van der Waals surface area contributed by atoms with Gasteiger partial charge in [-0.25, -0.2) is 15.0 Å². The van der Waals surface area contributed by atoms with E-state index in [1.54, 1.807) is 18.3 Å². The number of anilines is 1. The standard InChI is InChI=1S/C21H23Cl2N5O3.C3H6.C2H6/c1-4-5-6-25-21-20-12(9-26-16(28-20)10-24-11-29)7-13(27-21)17-18(22)14(30-2)8-15(31-3)19(17)23;1-3-2;1-2/h7-9,11H,4-6,10H2,1-3H3,(H,24,29)(H,25,27);3H,1H2,2H3;1-2H3. The maximum atomic E-state index is 10.6. The summed E-state index contributed by atoms with van der Waals surface area (Å²) < 4.78 is 10.8. The molecule has 3 aromatic rings. The number of allylic oxidation sites excluding steroid dienone is 1. The minimum Gasteiger partial charge on any atom is -0.495 e. The highest BCUT2D eigenvalue weighted by molar-refractivity contribution is 6.41. The summed E-state index contributed by atoms with van der Waals surface area (Å²) in [5.41, 5.74) is 1.66. The van der Waals surface area contributed by atoms with Crippen LogP contribution in [0.15, 0.2) is 31.0 Å². The average Bonchev–Trinajstić information content (AvgIpc) is 2.89. The lowest BCUT2D eigenvalue weighted by molar-refractivity contribution is -0.109. The molecular weight excluding hydrogens is 501 g/mol. The Morgan fingerprint density at radius 3 is 2.22 bits per heavy atom. The van der Waals surface area contributed by atoms with E-state index in [-0.39, 0.29) is 6.54 Å². The normalized spacial score (nSPS) is 9.78. The average molecular weight is 537 g/mol. The number of unbranched alkanes of at least 4 members (excludes halogenated alkanes) is 1. The van der Waals surface area contributed by atoms with Crippen molar-refractivity contribution in [3.63, 3.8) is 0 Å². The first-order valence-electron chi connectivity index (χ1n) is 11.7. The molecule has 0 aliphatic heterocycles. The molecule has 1 amide bonds. The highest BCUT2D eigenvalue weighted by Crippen LogP contribution is 2.46. The number of nitrogens with one attached hydrogen (secondary N) is 2. The molecule has 0 aliphatic rings. The number of hydrogen-bond acceptors (Lipinski definition) is 7. The van der Waals surface area contributed by atoms with Crippen LogP contribution in [-0.2, 0) is 11.3 Å². The van der Waals surface area contributed by atoms with E-state index >= 15 is 0 Å². The second kappa shape index (κ2) is 16.5. The summed E-state index contributed by atoms with van der Waals surface area (Å²) in [4.78, 5) is 24.3. The third-order valence-electron chi connectivity index (χ3n) is 4.61. The van der Waals surface area contributed by atoms with Crippen LogP contribution in [0.1, 0.15) is 46.4 Å². The molecule has 2 N–H and O–H groups in total. The molecule has 0 radical (unpaired) electrons. The monoisotopic (exact) mass is 535 g/mol.